The van der Waals surface area contributed by atoms with E-state index in [1.54, 1.807) is 0 Å². The van der Waals surface area contributed by atoms with Crippen LogP contribution in [0.2, 0.25) is 0 Å². The van der Waals surface area contributed by atoms with E-state index in [2.05, 4.69) is 21.8 Å². The maximum Gasteiger partial charge on any atom is 0.137 e. The Morgan fingerprint density at radius 2 is 2.13 bits per heavy atom. The molecular weight excluding hydrogens is 286 g/mol. The SMILES string of the molecule is CN1CCN(CCC[C@@H]2CCc3oc4ccncc4c3C2)CC1. The van der Waals surface area contributed by atoms with Gasteiger partial charge in [-0.2, -0.15) is 0 Å². The molecule has 0 amide bonds. The van der Waals surface area contributed by atoms with Crippen molar-refractivity contribution in [1.82, 2.24) is 14.8 Å². The molecule has 0 bridgehead atoms. The minimum atomic E-state index is 0.816. The zero-order chi connectivity index (χ0) is 15.6. The molecule has 0 radical (unpaired) electrons. The second kappa shape index (κ2) is 6.62. The Morgan fingerprint density at radius 3 is 3.00 bits per heavy atom. The van der Waals surface area contributed by atoms with Crippen LogP contribution in [0.5, 0.6) is 0 Å². The molecule has 0 aromatic carbocycles. The lowest BCUT2D eigenvalue weighted by Gasteiger charge is -2.32. The van der Waals surface area contributed by atoms with E-state index in [1.807, 2.05) is 18.5 Å². The van der Waals surface area contributed by atoms with Crippen molar-refractivity contribution in [3.8, 4) is 0 Å². The van der Waals surface area contributed by atoms with Crippen LogP contribution >= 0.6 is 0 Å². The monoisotopic (exact) mass is 313 g/mol. The van der Waals surface area contributed by atoms with Crippen LogP contribution in [0.4, 0.5) is 0 Å². The number of piperazine rings is 1. The van der Waals surface area contributed by atoms with Crippen LogP contribution in [0.25, 0.3) is 11.0 Å². The summed E-state index contributed by atoms with van der Waals surface area (Å²) in [6, 6.07) is 2.00. The number of hydrogen-bond donors (Lipinski definition) is 0. The van der Waals surface area contributed by atoms with E-state index in [4.69, 9.17) is 4.42 Å². The summed E-state index contributed by atoms with van der Waals surface area (Å²) in [7, 11) is 2.22. The van der Waals surface area contributed by atoms with E-state index in [-0.39, 0.29) is 0 Å². The molecule has 0 spiro atoms. The number of likely N-dealkylation sites (N-methyl/N-ethyl adjacent to an activating group) is 1. The number of fused-ring (bicyclic) bond motifs is 3. The molecule has 23 heavy (non-hydrogen) atoms. The molecule has 124 valence electrons. The Labute approximate surface area is 138 Å². The first kappa shape index (κ1) is 15.2. The maximum atomic E-state index is 6.00. The summed E-state index contributed by atoms with van der Waals surface area (Å²) >= 11 is 0. The van der Waals surface area contributed by atoms with Crippen LogP contribution in [0.3, 0.4) is 0 Å². The highest BCUT2D eigenvalue weighted by molar-refractivity contribution is 5.81. The summed E-state index contributed by atoms with van der Waals surface area (Å²) in [5, 5.41) is 1.24. The Bertz CT molecular complexity index is 658. The lowest BCUT2D eigenvalue weighted by molar-refractivity contribution is 0.149. The average Bonchev–Trinajstić information content (AvgIpc) is 2.95. The molecule has 2 aromatic heterocycles. The van der Waals surface area contributed by atoms with E-state index in [1.165, 1.54) is 75.1 Å². The predicted octanol–water partition coefficient (Wildman–Crippen LogP) is 2.96. The molecule has 4 nitrogen and oxygen atoms in total. The van der Waals surface area contributed by atoms with Crippen LogP contribution in [-0.4, -0.2) is 54.6 Å². The molecule has 1 fully saturated rings. The summed E-state index contributed by atoms with van der Waals surface area (Å²) in [5.41, 5.74) is 2.45. The van der Waals surface area contributed by atoms with Crippen molar-refractivity contribution in [3.05, 3.63) is 29.8 Å². The number of aromatic nitrogens is 1. The zero-order valence-corrected chi connectivity index (χ0v) is 14.1. The van der Waals surface area contributed by atoms with E-state index in [0.29, 0.717) is 0 Å². The smallest absolute Gasteiger partial charge is 0.137 e. The van der Waals surface area contributed by atoms with Crippen LogP contribution in [0.15, 0.2) is 22.9 Å². The topological polar surface area (TPSA) is 32.5 Å². The number of pyridine rings is 1. The van der Waals surface area contributed by atoms with Gasteiger partial charge in [0.1, 0.15) is 11.3 Å². The average molecular weight is 313 g/mol. The summed E-state index contributed by atoms with van der Waals surface area (Å²) in [4.78, 5) is 9.34. The van der Waals surface area contributed by atoms with Gasteiger partial charge in [0.15, 0.2) is 0 Å². The molecule has 1 aliphatic heterocycles. The van der Waals surface area contributed by atoms with Crippen molar-refractivity contribution >= 4 is 11.0 Å². The summed E-state index contributed by atoms with van der Waals surface area (Å²) in [6.45, 7) is 6.19. The molecule has 0 saturated carbocycles. The van der Waals surface area contributed by atoms with Gasteiger partial charge in [-0.1, -0.05) is 0 Å². The highest BCUT2D eigenvalue weighted by Crippen LogP contribution is 2.35. The quantitative estimate of drug-likeness (QED) is 0.869. The lowest BCUT2D eigenvalue weighted by Crippen LogP contribution is -2.44. The first-order valence-electron chi connectivity index (χ1n) is 9.05. The first-order valence-corrected chi connectivity index (χ1v) is 9.05. The van der Waals surface area contributed by atoms with E-state index in [9.17, 15) is 0 Å². The van der Waals surface area contributed by atoms with Crippen molar-refractivity contribution in [2.45, 2.75) is 32.1 Å². The first-order chi connectivity index (χ1) is 11.3. The summed E-state index contributed by atoms with van der Waals surface area (Å²) in [6.07, 6.45) is 10.0. The van der Waals surface area contributed by atoms with Crippen molar-refractivity contribution < 1.29 is 4.42 Å². The normalized spacial score (nSPS) is 23.3. The fraction of sp³-hybridized carbons (Fsp3) is 0.632. The molecule has 4 heteroatoms. The van der Waals surface area contributed by atoms with Crippen molar-refractivity contribution in [2.75, 3.05) is 39.8 Å². The zero-order valence-electron chi connectivity index (χ0n) is 14.1. The van der Waals surface area contributed by atoms with Crippen molar-refractivity contribution in [2.24, 2.45) is 5.92 Å². The Kier molecular flexibility index (Phi) is 4.36. The second-order valence-electron chi connectivity index (χ2n) is 7.27. The van der Waals surface area contributed by atoms with Gasteiger partial charge in [0, 0.05) is 55.9 Å². The third-order valence-electron chi connectivity index (χ3n) is 5.63. The van der Waals surface area contributed by atoms with Crippen LogP contribution in [0.1, 0.15) is 30.6 Å². The minimum absolute atomic E-state index is 0.816. The third-order valence-corrected chi connectivity index (χ3v) is 5.63. The van der Waals surface area contributed by atoms with Gasteiger partial charge < -0.3 is 14.2 Å². The van der Waals surface area contributed by atoms with Crippen molar-refractivity contribution in [3.63, 3.8) is 0 Å². The van der Waals surface area contributed by atoms with Crippen LogP contribution in [0, 0.1) is 5.92 Å². The van der Waals surface area contributed by atoms with Crippen molar-refractivity contribution in [1.29, 1.82) is 0 Å². The highest BCUT2D eigenvalue weighted by atomic mass is 16.3. The van der Waals surface area contributed by atoms with Gasteiger partial charge in [0.2, 0.25) is 0 Å². The second-order valence-corrected chi connectivity index (χ2v) is 7.27. The Balaban J connectivity index is 1.32. The molecule has 3 heterocycles. The standard InChI is InChI=1S/C19H27N3O/c1-21-9-11-22(12-10-21)8-2-3-15-4-5-18-16(13-15)17-14-20-7-6-19(17)23-18/h6-7,14-15H,2-5,8-13H2,1H3/t15-/m1/s1. The number of hydrogen-bond acceptors (Lipinski definition) is 4. The number of nitrogens with zero attached hydrogens (tertiary/aromatic N) is 3. The molecule has 1 atom stereocenters. The molecule has 1 saturated heterocycles. The third kappa shape index (κ3) is 3.29. The van der Waals surface area contributed by atoms with Gasteiger partial charge in [-0.3, -0.25) is 4.98 Å². The largest absolute Gasteiger partial charge is 0.461 e. The maximum absolute atomic E-state index is 6.00. The molecule has 4 rings (SSSR count). The Hall–Kier alpha value is -1.39. The van der Waals surface area contributed by atoms with Gasteiger partial charge in [0.25, 0.3) is 0 Å². The lowest BCUT2D eigenvalue weighted by atomic mass is 9.84. The van der Waals surface area contributed by atoms with E-state index >= 15 is 0 Å². The number of rotatable bonds is 4. The van der Waals surface area contributed by atoms with Gasteiger partial charge in [-0.05, 0) is 51.3 Å². The molecule has 2 aliphatic rings. The van der Waals surface area contributed by atoms with E-state index < -0.39 is 0 Å². The summed E-state index contributed by atoms with van der Waals surface area (Å²) in [5.74, 6) is 2.03. The predicted molar refractivity (Wildman–Crippen MR) is 92.7 cm³/mol. The van der Waals surface area contributed by atoms with Gasteiger partial charge in [-0.25, -0.2) is 0 Å². The van der Waals surface area contributed by atoms with Crippen LogP contribution < -0.4 is 0 Å². The number of aryl methyl sites for hydroxylation is 1. The molecular formula is C19H27N3O. The van der Waals surface area contributed by atoms with Gasteiger partial charge in [0.05, 0.1) is 0 Å². The fourth-order valence-electron chi connectivity index (χ4n) is 4.11. The molecule has 0 unspecified atom stereocenters. The van der Waals surface area contributed by atoms with E-state index in [0.717, 1.165) is 17.9 Å². The summed E-state index contributed by atoms with van der Waals surface area (Å²) < 4.78 is 6.00. The minimum Gasteiger partial charge on any atom is -0.461 e. The molecule has 2 aromatic rings. The highest BCUT2D eigenvalue weighted by Gasteiger charge is 2.24. The van der Waals surface area contributed by atoms with Crippen LogP contribution in [-0.2, 0) is 12.8 Å². The fourth-order valence-corrected chi connectivity index (χ4v) is 4.11. The molecule has 0 N–H and O–H groups in total. The van der Waals surface area contributed by atoms with Gasteiger partial charge in [-0.15, -0.1) is 0 Å². The van der Waals surface area contributed by atoms with Gasteiger partial charge >= 0.3 is 0 Å². The molecule has 1 aliphatic carbocycles. The Morgan fingerprint density at radius 1 is 1.26 bits per heavy atom. The number of furan rings is 1.